The van der Waals surface area contributed by atoms with E-state index in [1.54, 1.807) is 0 Å². The number of nitrogens with zero attached hydrogens (tertiary/aromatic N) is 2. The van der Waals surface area contributed by atoms with Crippen LogP contribution in [0.2, 0.25) is 0 Å². The molecule has 13 aromatic rings. The molecule has 2 aromatic heterocycles. The van der Waals surface area contributed by atoms with E-state index in [2.05, 4.69) is 258 Å². The van der Waals surface area contributed by atoms with Gasteiger partial charge in [-0.25, -0.2) is 0 Å². The molecule has 0 bridgehead atoms. The fraction of sp³-hybridized carbons (Fsp3) is 0.130. The third kappa shape index (κ3) is 6.20. The fourth-order valence-corrected chi connectivity index (χ4v) is 13.6. The standard InChI is InChI=1S/C69H54N2O2/c1-67(2,3)69(68(4,5)6)58-42-59(71(44-23-11-8-12-24-44)47-35-38-63-57(41-47)51-28-18-20-32-61(51)73-63)49-26-14-16-30-53(49)64(58)65-52-29-15-13-25-48(52)55-39-45(33-36-54(55)66(65)69)70(43-21-9-7-10-22-43)46-34-37-62-56(40-46)50-27-17-19-31-60(50)72-62/h7-42H,1-6H3. The van der Waals surface area contributed by atoms with E-state index in [1.165, 1.54) is 54.6 Å². The van der Waals surface area contributed by atoms with Crippen molar-refractivity contribution in [1.82, 2.24) is 0 Å². The molecule has 0 atom stereocenters. The van der Waals surface area contributed by atoms with E-state index in [0.29, 0.717) is 0 Å². The molecule has 0 spiro atoms. The van der Waals surface area contributed by atoms with Gasteiger partial charge in [-0.05, 0) is 151 Å². The van der Waals surface area contributed by atoms with Gasteiger partial charge in [-0.1, -0.05) is 169 Å². The molecule has 0 aliphatic heterocycles. The molecule has 73 heavy (non-hydrogen) atoms. The second-order valence-corrected chi connectivity index (χ2v) is 22.0. The number of furan rings is 2. The number of rotatable bonds is 6. The number of anilines is 6. The van der Waals surface area contributed by atoms with Crippen LogP contribution >= 0.6 is 0 Å². The Kier molecular flexibility index (Phi) is 9.29. The van der Waals surface area contributed by atoms with E-state index in [4.69, 9.17) is 8.83 Å². The lowest BCUT2D eigenvalue weighted by Crippen LogP contribution is -2.50. The molecule has 4 nitrogen and oxygen atoms in total. The minimum absolute atomic E-state index is 0.260. The van der Waals surface area contributed by atoms with Crippen LogP contribution in [0, 0.1) is 10.8 Å². The fourth-order valence-electron chi connectivity index (χ4n) is 13.6. The first-order valence-corrected chi connectivity index (χ1v) is 25.6. The third-order valence-electron chi connectivity index (χ3n) is 16.1. The van der Waals surface area contributed by atoms with Crippen molar-refractivity contribution in [3.63, 3.8) is 0 Å². The second-order valence-electron chi connectivity index (χ2n) is 22.0. The summed E-state index contributed by atoms with van der Waals surface area (Å²) >= 11 is 0. The monoisotopic (exact) mass is 942 g/mol. The summed E-state index contributed by atoms with van der Waals surface area (Å²) in [6.45, 7) is 14.8. The highest BCUT2D eigenvalue weighted by Gasteiger charge is 2.59. The molecular weight excluding hydrogens is 889 g/mol. The molecule has 2 heterocycles. The number of fused-ring (bicyclic) bond motifs is 16. The number of benzene rings is 11. The molecule has 1 aliphatic carbocycles. The van der Waals surface area contributed by atoms with Crippen LogP contribution in [0.3, 0.4) is 0 Å². The van der Waals surface area contributed by atoms with Crippen LogP contribution in [0.4, 0.5) is 34.1 Å². The molecule has 0 unspecified atom stereocenters. The minimum Gasteiger partial charge on any atom is -0.456 e. The number of hydrogen-bond acceptors (Lipinski definition) is 4. The molecule has 352 valence electrons. The molecule has 0 saturated carbocycles. The summed E-state index contributed by atoms with van der Waals surface area (Å²) in [6, 6.07) is 79.8. The van der Waals surface area contributed by atoms with Gasteiger partial charge >= 0.3 is 0 Å². The van der Waals surface area contributed by atoms with E-state index in [1.807, 2.05) is 12.1 Å². The molecule has 0 fully saturated rings. The van der Waals surface area contributed by atoms with Gasteiger partial charge in [0.15, 0.2) is 0 Å². The van der Waals surface area contributed by atoms with Gasteiger partial charge in [0, 0.05) is 60.8 Å². The van der Waals surface area contributed by atoms with E-state index < -0.39 is 5.41 Å². The lowest BCUT2D eigenvalue weighted by Gasteiger charge is -2.53. The Bertz CT molecular complexity index is 4340. The lowest BCUT2D eigenvalue weighted by atomic mass is 9.49. The molecule has 0 N–H and O–H groups in total. The molecule has 14 rings (SSSR count). The highest BCUT2D eigenvalue weighted by Crippen LogP contribution is 2.69. The Morgan fingerprint density at radius 3 is 1.26 bits per heavy atom. The predicted molar refractivity (Wildman–Crippen MR) is 308 cm³/mol. The van der Waals surface area contributed by atoms with E-state index in [0.717, 1.165) is 78.0 Å². The van der Waals surface area contributed by atoms with Crippen LogP contribution in [0.25, 0.3) is 87.3 Å². The maximum absolute atomic E-state index is 6.40. The predicted octanol–water partition coefficient (Wildman–Crippen LogP) is 20.2. The van der Waals surface area contributed by atoms with Gasteiger partial charge in [0.25, 0.3) is 0 Å². The van der Waals surface area contributed by atoms with E-state index >= 15 is 0 Å². The maximum atomic E-state index is 6.40. The van der Waals surface area contributed by atoms with Crippen molar-refractivity contribution < 1.29 is 8.83 Å². The van der Waals surface area contributed by atoms with Gasteiger partial charge in [0.05, 0.1) is 5.69 Å². The zero-order valence-electron chi connectivity index (χ0n) is 42.0. The van der Waals surface area contributed by atoms with Crippen LogP contribution in [0.5, 0.6) is 0 Å². The van der Waals surface area contributed by atoms with Crippen molar-refractivity contribution in [1.29, 1.82) is 0 Å². The summed E-state index contributed by atoms with van der Waals surface area (Å²) in [5.74, 6) is 0. The first kappa shape index (κ1) is 43.2. The van der Waals surface area contributed by atoms with Crippen molar-refractivity contribution in [2.24, 2.45) is 10.8 Å². The van der Waals surface area contributed by atoms with Crippen molar-refractivity contribution in [3.05, 3.63) is 230 Å². The SMILES string of the molecule is CC(C)(C)C1(C(C)(C)C)c2cc(N(c3ccccc3)c3ccc4oc5ccccc5c4c3)c3ccccc3c2-c2c1c1ccc(N(c3ccccc3)c3ccc4oc5ccccc5c4c3)cc1c1ccccc21. The van der Waals surface area contributed by atoms with E-state index in [9.17, 15) is 0 Å². The highest BCUT2D eigenvalue weighted by molar-refractivity contribution is 6.23. The highest BCUT2D eigenvalue weighted by atomic mass is 16.3. The molecule has 0 saturated heterocycles. The Hall–Kier alpha value is -8.60. The van der Waals surface area contributed by atoms with Crippen molar-refractivity contribution in [2.45, 2.75) is 47.0 Å². The van der Waals surface area contributed by atoms with Crippen molar-refractivity contribution in [2.75, 3.05) is 9.80 Å². The van der Waals surface area contributed by atoms with Gasteiger partial charge in [0.1, 0.15) is 22.3 Å². The number of hydrogen-bond donors (Lipinski definition) is 0. The first-order valence-electron chi connectivity index (χ1n) is 25.6. The smallest absolute Gasteiger partial charge is 0.135 e. The van der Waals surface area contributed by atoms with Crippen molar-refractivity contribution in [3.8, 4) is 11.1 Å². The maximum Gasteiger partial charge on any atom is 0.135 e. The molecule has 0 amide bonds. The van der Waals surface area contributed by atoms with Crippen LogP contribution in [-0.4, -0.2) is 0 Å². The normalized spacial score (nSPS) is 13.5. The Labute approximate surface area is 425 Å². The summed E-state index contributed by atoms with van der Waals surface area (Å²) in [7, 11) is 0. The van der Waals surface area contributed by atoms with E-state index in [-0.39, 0.29) is 10.8 Å². The van der Waals surface area contributed by atoms with Gasteiger partial charge in [-0.2, -0.15) is 0 Å². The molecular formula is C69H54N2O2. The zero-order valence-corrected chi connectivity index (χ0v) is 42.0. The quantitative estimate of drug-likeness (QED) is 0.156. The average molecular weight is 943 g/mol. The van der Waals surface area contributed by atoms with Gasteiger partial charge in [-0.15, -0.1) is 0 Å². The summed E-state index contributed by atoms with van der Waals surface area (Å²) < 4.78 is 12.7. The third-order valence-corrected chi connectivity index (χ3v) is 16.1. The Morgan fingerprint density at radius 2 is 0.712 bits per heavy atom. The van der Waals surface area contributed by atoms with Gasteiger partial charge in [-0.3, -0.25) is 0 Å². The first-order chi connectivity index (χ1) is 35.5. The second kappa shape index (κ2) is 15.7. The summed E-state index contributed by atoms with van der Waals surface area (Å²) in [5.41, 5.74) is 14.6. The molecule has 0 radical (unpaired) electrons. The van der Waals surface area contributed by atoms with Gasteiger partial charge < -0.3 is 18.6 Å². The van der Waals surface area contributed by atoms with Crippen molar-refractivity contribution >= 4 is 110 Å². The van der Waals surface area contributed by atoms with Crippen LogP contribution in [0.1, 0.15) is 52.7 Å². The summed E-state index contributed by atoms with van der Waals surface area (Å²) in [5, 5.41) is 11.9. The molecule has 4 heteroatoms. The zero-order chi connectivity index (χ0) is 49.4. The Morgan fingerprint density at radius 1 is 0.301 bits per heavy atom. The van der Waals surface area contributed by atoms with Crippen LogP contribution in [0.15, 0.2) is 227 Å². The largest absolute Gasteiger partial charge is 0.456 e. The Balaban J connectivity index is 1.07. The lowest BCUT2D eigenvalue weighted by molar-refractivity contribution is 0.0965. The summed E-state index contributed by atoms with van der Waals surface area (Å²) in [4.78, 5) is 4.88. The van der Waals surface area contributed by atoms with Crippen LogP contribution in [-0.2, 0) is 5.41 Å². The average Bonchev–Trinajstić information content (AvgIpc) is 4.10. The molecule has 1 aliphatic rings. The van der Waals surface area contributed by atoms with Crippen LogP contribution < -0.4 is 9.80 Å². The topological polar surface area (TPSA) is 32.8 Å². The minimum atomic E-state index is -0.479. The molecule has 11 aromatic carbocycles. The summed E-state index contributed by atoms with van der Waals surface area (Å²) in [6.07, 6.45) is 0. The number of para-hydroxylation sites is 4. The van der Waals surface area contributed by atoms with Gasteiger partial charge in [0.2, 0.25) is 0 Å².